The first-order chi connectivity index (χ1) is 16.8. The number of fused-ring (bicyclic) bond motifs is 1. The first-order valence-electron chi connectivity index (χ1n) is 11.6. The third kappa shape index (κ3) is 4.87. The monoisotopic (exact) mass is 504 g/mol. The van der Waals surface area contributed by atoms with Crippen LogP contribution in [0.3, 0.4) is 0 Å². The lowest BCUT2D eigenvalue weighted by Crippen LogP contribution is -2.59. The van der Waals surface area contributed by atoms with Crippen LogP contribution in [0.4, 0.5) is 13.2 Å². The molecule has 9 nitrogen and oxygen atoms in total. The van der Waals surface area contributed by atoms with Gasteiger partial charge in [-0.2, -0.15) is 23.5 Å². The molecule has 3 amide bonds. The molecule has 1 saturated carbocycles. The van der Waals surface area contributed by atoms with Gasteiger partial charge in [0.1, 0.15) is 18.1 Å². The Labute approximate surface area is 205 Å². The number of hydrogen-bond donors (Lipinski definition) is 2. The van der Waals surface area contributed by atoms with Crippen molar-refractivity contribution in [2.45, 2.75) is 64.3 Å². The summed E-state index contributed by atoms with van der Waals surface area (Å²) in [6, 6.07) is 3.81. The zero-order valence-corrected chi connectivity index (χ0v) is 20.1. The van der Waals surface area contributed by atoms with Crippen molar-refractivity contribution < 1.29 is 27.6 Å². The smallest absolute Gasteiger partial charge is 0.336 e. The Balaban J connectivity index is 1.58. The van der Waals surface area contributed by atoms with Crippen LogP contribution in [0.2, 0.25) is 0 Å². The number of likely N-dealkylation sites (tertiary alicyclic amines) is 1. The van der Waals surface area contributed by atoms with Gasteiger partial charge >= 0.3 is 12.1 Å². The predicted octanol–water partition coefficient (Wildman–Crippen LogP) is 2.49. The molecule has 2 aliphatic rings. The van der Waals surface area contributed by atoms with Crippen LogP contribution in [0.15, 0.2) is 30.6 Å². The first kappa shape index (κ1) is 25.5. The second-order valence-corrected chi connectivity index (χ2v) is 10.7. The number of nitriles is 1. The molecule has 1 aliphatic heterocycles. The number of pyridine rings is 1. The van der Waals surface area contributed by atoms with Crippen molar-refractivity contribution in [3.63, 3.8) is 0 Å². The minimum atomic E-state index is -5.16. The van der Waals surface area contributed by atoms with Gasteiger partial charge in [-0.15, -0.1) is 0 Å². The Bertz CT molecular complexity index is 1240. The third-order valence-electron chi connectivity index (χ3n) is 6.88. The molecule has 3 atom stereocenters. The molecule has 12 heteroatoms. The van der Waals surface area contributed by atoms with Crippen LogP contribution in [-0.4, -0.2) is 57.0 Å². The van der Waals surface area contributed by atoms with Gasteiger partial charge in [0.2, 0.25) is 11.8 Å². The molecule has 2 N–H and O–H groups in total. The average molecular weight is 505 g/mol. The highest BCUT2D eigenvalue weighted by atomic mass is 19.4. The number of alkyl halides is 3. The van der Waals surface area contributed by atoms with Crippen molar-refractivity contribution in [3.8, 4) is 6.07 Å². The van der Waals surface area contributed by atoms with Crippen LogP contribution in [0.1, 0.15) is 51.6 Å². The van der Waals surface area contributed by atoms with Crippen LogP contribution in [0.5, 0.6) is 0 Å². The Kier molecular flexibility index (Phi) is 6.22. The van der Waals surface area contributed by atoms with Gasteiger partial charge in [0.25, 0.3) is 0 Å². The fourth-order valence-electron chi connectivity index (χ4n) is 4.68. The molecule has 2 aromatic heterocycles. The van der Waals surface area contributed by atoms with Crippen LogP contribution >= 0.6 is 0 Å². The molecule has 2 unspecified atom stereocenters. The minimum Gasteiger partial charge on any atom is -0.336 e. The summed E-state index contributed by atoms with van der Waals surface area (Å²) < 4.78 is 40.5. The summed E-state index contributed by atoms with van der Waals surface area (Å²) in [5, 5.41) is 18.5. The van der Waals surface area contributed by atoms with Gasteiger partial charge in [0, 0.05) is 18.3 Å². The molecule has 0 radical (unpaired) electrons. The van der Waals surface area contributed by atoms with E-state index in [1.807, 2.05) is 5.32 Å². The average Bonchev–Trinajstić information content (AvgIpc) is 3.24. The largest absolute Gasteiger partial charge is 0.471 e. The minimum absolute atomic E-state index is 0.201. The topological polar surface area (TPSA) is 120 Å². The number of hydrogen-bond acceptors (Lipinski definition) is 5. The molecular weight excluding hydrogens is 477 g/mol. The Morgan fingerprint density at radius 2 is 1.89 bits per heavy atom. The highest BCUT2D eigenvalue weighted by molar-refractivity contribution is 5.94. The fraction of sp³-hybridized carbons (Fsp3) is 0.542. The zero-order valence-electron chi connectivity index (χ0n) is 20.1. The molecule has 192 valence electrons. The summed E-state index contributed by atoms with van der Waals surface area (Å²) in [5.74, 6) is -3.55. The number of nitrogens with zero attached hydrogens (tertiary/aromatic N) is 4. The second kappa shape index (κ2) is 8.80. The van der Waals surface area contributed by atoms with E-state index in [0.717, 1.165) is 12.8 Å². The third-order valence-corrected chi connectivity index (χ3v) is 6.88. The normalized spacial score (nSPS) is 20.6. The quantitative estimate of drug-likeness (QED) is 0.649. The molecule has 36 heavy (non-hydrogen) atoms. The number of halogens is 3. The summed E-state index contributed by atoms with van der Waals surface area (Å²) in [6.07, 6.45) is -0.0765. The highest BCUT2D eigenvalue weighted by Gasteiger charge is 2.57. The lowest BCUT2D eigenvalue weighted by molar-refractivity contribution is -0.176. The lowest BCUT2D eigenvalue weighted by Gasteiger charge is -2.35. The molecule has 2 aromatic rings. The van der Waals surface area contributed by atoms with Crippen LogP contribution in [-0.2, 0) is 14.4 Å². The van der Waals surface area contributed by atoms with E-state index in [1.165, 1.54) is 11.1 Å². The summed E-state index contributed by atoms with van der Waals surface area (Å²) in [7, 11) is 0. The van der Waals surface area contributed by atoms with E-state index in [0.29, 0.717) is 17.5 Å². The number of rotatable bonds is 5. The number of nitrogens with one attached hydrogen (secondary N) is 2. The van der Waals surface area contributed by atoms with Gasteiger partial charge in [-0.3, -0.25) is 14.4 Å². The maximum Gasteiger partial charge on any atom is 0.471 e. The van der Waals surface area contributed by atoms with E-state index < -0.39 is 47.4 Å². The van der Waals surface area contributed by atoms with E-state index in [1.54, 1.807) is 49.7 Å². The summed E-state index contributed by atoms with van der Waals surface area (Å²) in [4.78, 5) is 39.9. The maximum absolute atomic E-state index is 13.5. The molecule has 3 heterocycles. The summed E-state index contributed by atoms with van der Waals surface area (Å²) >= 11 is 0. The standard InChI is InChI=1S/C24H27F3N6O3/c1-22(2,3)18(31-21(36)24(25,26)27)20(35)32-13-23(7-8-23)10-17(32)19(34)30-15(11-28)14-12-29-33-9-5-4-6-16(14)33/h4-6,9,12,15,17-18H,7-8,10,13H2,1-3H3,(H,30,34)(H,31,36)/t15?,17?,18-/m1/s1. The Morgan fingerprint density at radius 1 is 1.19 bits per heavy atom. The van der Waals surface area contributed by atoms with Crippen molar-refractivity contribution >= 4 is 23.2 Å². The van der Waals surface area contributed by atoms with E-state index in [4.69, 9.17) is 0 Å². The van der Waals surface area contributed by atoms with E-state index in [-0.39, 0.29) is 12.0 Å². The van der Waals surface area contributed by atoms with E-state index >= 15 is 0 Å². The molecule has 4 rings (SSSR count). The molecule has 1 spiro atoms. The van der Waals surface area contributed by atoms with E-state index in [2.05, 4.69) is 16.5 Å². The SMILES string of the molecule is CC(C)(C)[C@H](NC(=O)C(F)(F)F)C(=O)N1CC2(CC2)CC1C(=O)NC(C#N)c1cnn2ccccc12. The molecule has 2 fully saturated rings. The Hall–Kier alpha value is -3.62. The number of carbonyl (C=O) groups excluding carboxylic acids is 3. The number of carbonyl (C=O) groups is 3. The van der Waals surface area contributed by atoms with Crippen molar-refractivity contribution in [2.24, 2.45) is 10.8 Å². The van der Waals surface area contributed by atoms with Gasteiger partial charge in [-0.05, 0) is 42.2 Å². The summed E-state index contributed by atoms with van der Waals surface area (Å²) in [6.45, 7) is 4.83. The van der Waals surface area contributed by atoms with Gasteiger partial charge in [-0.1, -0.05) is 26.8 Å². The van der Waals surface area contributed by atoms with Crippen molar-refractivity contribution in [1.82, 2.24) is 25.1 Å². The first-order valence-corrected chi connectivity index (χ1v) is 11.6. The van der Waals surface area contributed by atoms with Gasteiger partial charge in [0.15, 0.2) is 0 Å². The highest BCUT2D eigenvalue weighted by Crippen LogP contribution is 2.55. The lowest BCUT2D eigenvalue weighted by atomic mass is 9.85. The van der Waals surface area contributed by atoms with Crippen LogP contribution < -0.4 is 10.6 Å². The van der Waals surface area contributed by atoms with E-state index in [9.17, 15) is 32.8 Å². The van der Waals surface area contributed by atoms with Crippen molar-refractivity contribution in [2.75, 3.05) is 6.54 Å². The molecular formula is C24H27F3N6O3. The maximum atomic E-state index is 13.5. The van der Waals surface area contributed by atoms with Gasteiger partial charge in [-0.25, -0.2) is 4.52 Å². The molecule has 0 aromatic carbocycles. The predicted molar refractivity (Wildman–Crippen MR) is 121 cm³/mol. The van der Waals surface area contributed by atoms with Crippen LogP contribution in [0.25, 0.3) is 5.52 Å². The summed E-state index contributed by atoms with van der Waals surface area (Å²) in [5.41, 5.74) is -0.218. The number of amides is 3. The van der Waals surface area contributed by atoms with Crippen molar-refractivity contribution in [1.29, 1.82) is 5.26 Å². The van der Waals surface area contributed by atoms with Gasteiger partial charge in [0.05, 0.1) is 17.8 Å². The molecule has 1 aliphatic carbocycles. The van der Waals surface area contributed by atoms with Gasteiger partial charge < -0.3 is 15.5 Å². The molecule has 0 bridgehead atoms. The fourth-order valence-corrected chi connectivity index (χ4v) is 4.68. The second-order valence-electron chi connectivity index (χ2n) is 10.7. The van der Waals surface area contributed by atoms with Crippen LogP contribution in [0, 0.1) is 22.2 Å². The number of aromatic nitrogens is 2. The Morgan fingerprint density at radius 3 is 2.47 bits per heavy atom. The zero-order chi connectivity index (χ0) is 26.5. The van der Waals surface area contributed by atoms with Crippen molar-refractivity contribution in [3.05, 3.63) is 36.2 Å². The molecule has 1 saturated heterocycles.